The van der Waals surface area contributed by atoms with E-state index in [4.69, 9.17) is 0 Å². The summed E-state index contributed by atoms with van der Waals surface area (Å²) in [6, 6.07) is 6.40. The second kappa shape index (κ2) is 8.36. The Morgan fingerprint density at radius 2 is 1.91 bits per heavy atom. The maximum Gasteiger partial charge on any atom is 0.405 e. The molecule has 1 aliphatic rings. The zero-order valence-corrected chi connectivity index (χ0v) is 17.4. The van der Waals surface area contributed by atoms with Crippen LogP contribution in [0.5, 0.6) is 0 Å². The normalized spacial score (nSPS) is 13.8. The standard InChI is InChI=1S/C22H17F4N7O/c23-19-13(4-6-16(33-19)32-12-3-5-15(27-7-12)11-1-2-11)18(34)14-8-28-20-17(14)21(31-10-30-20)29-9-22(24,25)26/h3-8,10-11H,1-2,9H2,(H,32,33)(H2,28,29,30,31). The maximum absolute atomic E-state index is 14.8. The minimum atomic E-state index is -4.50. The van der Waals surface area contributed by atoms with E-state index in [2.05, 4.69) is 35.6 Å². The van der Waals surface area contributed by atoms with Crippen LogP contribution in [0.1, 0.15) is 40.4 Å². The fourth-order valence-corrected chi connectivity index (χ4v) is 3.53. The molecule has 0 amide bonds. The lowest BCUT2D eigenvalue weighted by atomic mass is 10.0. The summed E-state index contributed by atoms with van der Waals surface area (Å²) in [6.07, 6.45) is 1.70. The number of hydrogen-bond acceptors (Lipinski definition) is 7. The van der Waals surface area contributed by atoms with Crippen molar-refractivity contribution in [2.24, 2.45) is 0 Å². The van der Waals surface area contributed by atoms with Crippen LogP contribution >= 0.6 is 0 Å². The van der Waals surface area contributed by atoms with E-state index in [1.165, 1.54) is 18.3 Å². The van der Waals surface area contributed by atoms with Crippen molar-refractivity contribution in [3.8, 4) is 0 Å². The molecule has 0 bridgehead atoms. The predicted octanol–water partition coefficient (Wildman–Crippen LogP) is 4.71. The van der Waals surface area contributed by atoms with Crippen LogP contribution in [0.15, 0.2) is 43.0 Å². The summed E-state index contributed by atoms with van der Waals surface area (Å²) in [4.78, 5) is 31.6. The summed E-state index contributed by atoms with van der Waals surface area (Å²) in [5.74, 6) is -1.32. The number of H-pyrrole nitrogens is 1. The average molecular weight is 471 g/mol. The number of nitrogens with zero attached hydrogens (tertiary/aromatic N) is 4. The first-order valence-corrected chi connectivity index (χ1v) is 10.4. The first kappa shape index (κ1) is 21.7. The summed E-state index contributed by atoms with van der Waals surface area (Å²) in [6.45, 7) is -1.36. The number of halogens is 4. The Balaban J connectivity index is 1.39. The number of ketones is 1. The first-order chi connectivity index (χ1) is 16.3. The molecule has 174 valence electrons. The van der Waals surface area contributed by atoms with Crippen molar-refractivity contribution in [2.45, 2.75) is 24.9 Å². The number of aromatic amines is 1. The molecule has 34 heavy (non-hydrogen) atoms. The zero-order chi connectivity index (χ0) is 23.9. The Labute approximate surface area is 189 Å². The highest BCUT2D eigenvalue weighted by atomic mass is 19.4. The van der Waals surface area contributed by atoms with E-state index in [-0.39, 0.29) is 33.8 Å². The molecule has 0 radical (unpaired) electrons. The topological polar surface area (TPSA) is 108 Å². The van der Waals surface area contributed by atoms with Gasteiger partial charge in [0.1, 0.15) is 30.2 Å². The van der Waals surface area contributed by atoms with Crippen molar-refractivity contribution in [1.29, 1.82) is 0 Å². The molecule has 0 atom stereocenters. The Morgan fingerprint density at radius 1 is 1.09 bits per heavy atom. The van der Waals surface area contributed by atoms with Gasteiger partial charge in [0.2, 0.25) is 5.95 Å². The van der Waals surface area contributed by atoms with Crippen LogP contribution in [0.25, 0.3) is 11.0 Å². The van der Waals surface area contributed by atoms with Gasteiger partial charge in [-0.25, -0.2) is 15.0 Å². The van der Waals surface area contributed by atoms with Crippen LogP contribution in [0.2, 0.25) is 0 Å². The van der Waals surface area contributed by atoms with E-state index in [1.807, 2.05) is 12.1 Å². The lowest BCUT2D eigenvalue weighted by Gasteiger charge is -2.10. The van der Waals surface area contributed by atoms with Gasteiger partial charge in [0.25, 0.3) is 0 Å². The average Bonchev–Trinajstić information content (AvgIpc) is 3.56. The van der Waals surface area contributed by atoms with Crippen LogP contribution in [0.4, 0.5) is 34.9 Å². The summed E-state index contributed by atoms with van der Waals surface area (Å²) < 4.78 is 52.7. The number of carbonyl (C=O) groups excluding carboxylic acids is 1. The fraction of sp³-hybridized carbons (Fsp3) is 0.227. The number of hydrogen-bond donors (Lipinski definition) is 3. The quantitative estimate of drug-likeness (QED) is 0.203. The number of nitrogens with one attached hydrogen (secondary N) is 3. The monoisotopic (exact) mass is 471 g/mol. The van der Waals surface area contributed by atoms with Crippen molar-refractivity contribution in [3.63, 3.8) is 0 Å². The third-order valence-corrected chi connectivity index (χ3v) is 5.32. The lowest BCUT2D eigenvalue weighted by Crippen LogP contribution is -2.22. The van der Waals surface area contributed by atoms with Crippen LogP contribution < -0.4 is 10.6 Å². The number of aromatic nitrogens is 5. The van der Waals surface area contributed by atoms with Crippen LogP contribution in [-0.2, 0) is 0 Å². The van der Waals surface area contributed by atoms with Crippen molar-refractivity contribution < 1.29 is 22.4 Å². The minimum Gasteiger partial charge on any atom is -0.360 e. The van der Waals surface area contributed by atoms with Crippen LogP contribution in [-0.4, -0.2) is 43.4 Å². The number of fused-ring (bicyclic) bond motifs is 1. The number of carbonyl (C=O) groups is 1. The molecule has 1 aliphatic carbocycles. The van der Waals surface area contributed by atoms with Crippen molar-refractivity contribution in [1.82, 2.24) is 24.9 Å². The van der Waals surface area contributed by atoms with Gasteiger partial charge in [-0.2, -0.15) is 17.6 Å². The third kappa shape index (κ3) is 4.51. The highest BCUT2D eigenvalue weighted by Crippen LogP contribution is 2.39. The Bertz CT molecular complexity index is 1360. The molecule has 3 N–H and O–H groups in total. The predicted molar refractivity (Wildman–Crippen MR) is 116 cm³/mol. The van der Waals surface area contributed by atoms with Gasteiger partial charge in [-0.1, -0.05) is 0 Å². The summed E-state index contributed by atoms with van der Waals surface area (Å²) >= 11 is 0. The number of rotatable bonds is 7. The van der Waals surface area contributed by atoms with Crippen LogP contribution in [0.3, 0.4) is 0 Å². The van der Waals surface area contributed by atoms with Crippen molar-refractivity contribution >= 4 is 34.1 Å². The highest BCUT2D eigenvalue weighted by molar-refractivity contribution is 6.18. The molecule has 12 heteroatoms. The molecule has 1 saturated carbocycles. The molecule has 0 aliphatic heterocycles. The van der Waals surface area contributed by atoms with Crippen LogP contribution in [0, 0.1) is 5.95 Å². The molecular weight excluding hydrogens is 454 g/mol. The van der Waals surface area contributed by atoms with Gasteiger partial charge in [-0.05, 0) is 37.1 Å². The van der Waals surface area contributed by atoms with E-state index >= 15 is 0 Å². The maximum atomic E-state index is 14.8. The number of alkyl halides is 3. The van der Waals surface area contributed by atoms with E-state index in [9.17, 15) is 22.4 Å². The molecule has 4 heterocycles. The van der Waals surface area contributed by atoms with E-state index in [0.717, 1.165) is 24.9 Å². The smallest absolute Gasteiger partial charge is 0.360 e. The molecule has 4 aromatic heterocycles. The Morgan fingerprint density at radius 3 is 2.59 bits per heavy atom. The molecular formula is C22H17F4N7O. The molecule has 0 saturated heterocycles. The number of pyridine rings is 2. The lowest BCUT2D eigenvalue weighted by molar-refractivity contribution is -0.115. The van der Waals surface area contributed by atoms with Gasteiger partial charge in [0.05, 0.1) is 28.4 Å². The number of anilines is 3. The van der Waals surface area contributed by atoms with Crippen molar-refractivity contribution in [2.75, 3.05) is 17.2 Å². The molecule has 5 rings (SSSR count). The van der Waals surface area contributed by atoms with Gasteiger partial charge in [-0.3, -0.25) is 9.78 Å². The third-order valence-electron chi connectivity index (χ3n) is 5.32. The molecule has 8 nitrogen and oxygen atoms in total. The van der Waals surface area contributed by atoms with E-state index in [1.54, 1.807) is 6.20 Å². The van der Waals surface area contributed by atoms with Gasteiger partial charge in [-0.15, -0.1) is 0 Å². The SMILES string of the molecule is O=C(c1ccc(Nc2ccc(C3CC3)nc2)nc1F)c1c[nH]c2ncnc(NCC(F)(F)F)c12. The molecule has 1 fully saturated rings. The minimum absolute atomic E-state index is 0.0279. The Hall–Kier alpha value is -4.09. The molecule has 0 unspecified atom stereocenters. The fourth-order valence-electron chi connectivity index (χ4n) is 3.53. The second-order valence-corrected chi connectivity index (χ2v) is 7.85. The second-order valence-electron chi connectivity index (χ2n) is 7.85. The van der Waals surface area contributed by atoms with Gasteiger partial charge in [0.15, 0.2) is 5.78 Å². The van der Waals surface area contributed by atoms with Crippen molar-refractivity contribution in [3.05, 3.63) is 65.8 Å². The molecule has 4 aromatic rings. The van der Waals surface area contributed by atoms with E-state index < -0.39 is 24.5 Å². The van der Waals surface area contributed by atoms with E-state index in [0.29, 0.717) is 11.6 Å². The summed E-state index contributed by atoms with van der Waals surface area (Å²) in [5.41, 5.74) is 1.33. The largest absolute Gasteiger partial charge is 0.405 e. The highest BCUT2D eigenvalue weighted by Gasteiger charge is 2.28. The van der Waals surface area contributed by atoms with Gasteiger partial charge in [0, 0.05) is 17.8 Å². The first-order valence-electron chi connectivity index (χ1n) is 10.4. The van der Waals surface area contributed by atoms with Gasteiger partial charge < -0.3 is 15.6 Å². The molecule has 0 aromatic carbocycles. The molecule has 0 spiro atoms. The zero-order valence-electron chi connectivity index (χ0n) is 17.4. The summed E-state index contributed by atoms with van der Waals surface area (Å²) in [7, 11) is 0. The van der Waals surface area contributed by atoms with Gasteiger partial charge >= 0.3 is 6.18 Å². The Kier molecular flexibility index (Phi) is 5.34. The summed E-state index contributed by atoms with van der Waals surface area (Å²) in [5, 5.41) is 5.11.